The van der Waals surface area contributed by atoms with Gasteiger partial charge in [-0.1, -0.05) is 56.2 Å². The topological polar surface area (TPSA) is 76.2 Å². The van der Waals surface area contributed by atoms with E-state index in [9.17, 15) is 23.2 Å². The Labute approximate surface area is 214 Å². The van der Waals surface area contributed by atoms with Crippen LogP contribution in [0.2, 0.25) is 0 Å². The van der Waals surface area contributed by atoms with Crippen molar-refractivity contribution in [2.45, 2.75) is 39.1 Å². The molecule has 2 aromatic rings. The predicted octanol–water partition coefficient (Wildman–Crippen LogP) is 2.56. The maximum absolute atomic E-state index is 14.5. The zero-order valence-corrected chi connectivity index (χ0v) is 20.7. The van der Waals surface area contributed by atoms with Gasteiger partial charge in [-0.3, -0.25) is 9.59 Å². The lowest BCUT2D eigenvalue weighted by Crippen LogP contribution is -2.77. The van der Waals surface area contributed by atoms with Crippen molar-refractivity contribution in [3.05, 3.63) is 71.3 Å². The van der Waals surface area contributed by atoms with Crippen LogP contribution in [0, 0.1) is 29.9 Å². The molecular formula is C27H29F2N5O3. The summed E-state index contributed by atoms with van der Waals surface area (Å²) < 4.78 is 27.9. The second kappa shape index (κ2) is 11.0. The molecule has 0 radical (unpaired) electrons. The van der Waals surface area contributed by atoms with Crippen LogP contribution < -0.4 is 5.32 Å². The molecule has 37 heavy (non-hydrogen) atoms. The van der Waals surface area contributed by atoms with Crippen molar-refractivity contribution in [1.29, 1.82) is 0 Å². The summed E-state index contributed by atoms with van der Waals surface area (Å²) in [5, 5.41) is 5.74. The first-order valence-electron chi connectivity index (χ1n) is 12.0. The van der Waals surface area contributed by atoms with Crippen molar-refractivity contribution in [3.8, 4) is 12.3 Å². The number of terminal acetylenes is 1. The molecule has 2 aliphatic rings. The summed E-state index contributed by atoms with van der Waals surface area (Å²) >= 11 is 0. The van der Waals surface area contributed by atoms with Gasteiger partial charge in [0.2, 0.25) is 11.8 Å². The highest BCUT2D eigenvalue weighted by atomic mass is 19.1. The highest BCUT2D eigenvalue weighted by Crippen LogP contribution is 2.30. The number of hydrogen-bond donors (Lipinski definition) is 1. The molecule has 2 fully saturated rings. The molecule has 0 aromatic heterocycles. The average molecular weight is 510 g/mol. The number of carbonyl (C=O) groups excluding carboxylic acids is 3. The average Bonchev–Trinajstić information content (AvgIpc) is 2.86. The molecule has 2 saturated heterocycles. The van der Waals surface area contributed by atoms with Gasteiger partial charge in [0.15, 0.2) is 0 Å². The third-order valence-electron chi connectivity index (χ3n) is 6.54. The largest absolute Gasteiger partial charge is 0.334 e. The van der Waals surface area contributed by atoms with Crippen LogP contribution in [0.15, 0.2) is 48.5 Å². The molecule has 2 atom stereocenters. The van der Waals surface area contributed by atoms with Crippen molar-refractivity contribution in [3.63, 3.8) is 0 Å². The van der Waals surface area contributed by atoms with Gasteiger partial charge >= 0.3 is 6.03 Å². The Balaban J connectivity index is 1.67. The Morgan fingerprint density at radius 3 is 2.54 bits per heavy atom. The van der Waals surface area contributed by atoms with Gasteiger partial charge in [-0.15, -0.1) is 6.42 Å². The van der Waals surface area contributed by atoms with Gasteiger partial charge in [-0.05, 0) is 17.5 Å². The minimum atomic E-state index is -0.868. The van der Waals surface area contributed by atoms with Crippen LogP contribution in [-0.4, -0.2) is 69.5 Å². The molecule has 10 heteroatoms. The molecule has 4 amide bonds. The number of halogens is 2. The third-order valence-corrected chi connectivity index (χ3v) is 6.54. The van der Waals surface area contributed by atoms with Crippen LogP contribution in [0.4, 0.5) is 13.6 Å². The van der Waals surface area contributed by atoms with E-state index in [1.165, 1.54) is 25.9 Å². The van der Waals surface area contributed by atoms with E-state index in [0.29, 0.717) is 0 Å². The van der Waals surface area contributed by atoms with E-state index < -0.39 is 29.9 Å². The van der Waals surface area contributed by atoms with Crippen molar-refractivity contribution in [2.24, 2.45) is 5.92 Å². The minimum Gasteiger partial charge on any atom is -0.333 e. The van der Waals surface area contributed by atoms with E-state index in [0.717, 1.165) is 17.7 Å². The smallest absolute Gasteiger partial charge is 0.333 e. The molecule has 4 rings (SSSR count). The first kappa shape index (κ1) is 26.1. The van der Waals surface area contributed by atoms with Crippen LogP contribution >= 0.6 is 0 Å². The Hall–Kier alpha value is -3.97. The van der Waals surface area contributed by atoms with Crippen molar-refractivity contribution in [1.82, 2.24) is 25.1 Å². The number of carbonyl (C=O) groups is 3. The predicted molar refractivity (Wildman–Crippen MR) is 132 cm³/mol. The minimum absolute atomic E-state index is 0.00171. The maximum atomic E-state index is 14.5. The lowest BCUT2D eigenvalue weighted by molar-refractivity contribution is -0.192. The summed E-state index contributed by atoms with van der Waals surface area (Å²) in [6, 6.07) is 11.2. The molecule has 8 nitrogen and oxygen atoms in total. The number of amides is 4. The molecule has 0 aliphatic carbocycles. The standard InChI is InChI=1S/C27H29F2N5O3/c1-4-12-32-17-24(35)33-23(34(32)27(37)30-14-19-8-6-5-7-9-19)16-31(26(36)25(33)18(2)3)15-20-10-11-21(28)13-22(20)29/h1,5-11,13,18,23,25H,12,14-17H2,2-3H3,(H,30,37)/t23-,25-/m0/s1. The summed E-state index contributed by atoms with van der Waals surface area (Å²) in [4.78, 5) is 43.1. The molecule has 2 aliphatic heterocycles. The summed E-state index contributed by atoms with van der Waals surface area (Å²) in [5.41, 5.74) is 1.02. The molecule has 194 valence electrons. The molecule has 0 unspecified atom stereocenters. The summed E-state index contributed by atoms with van der Waals surface area (Å²) in [7, 11) is 0. The first-order valence-corrected chi connectivity index (χ1v) is 12.0. The van der Waals surface area contributed by atoms with E-state index in [2.05, 4.69) is 11.2 Å². The Morgan fingerprint density at radius 1 is 1.16 bits per heavy atom. The number of rotatable bonds is 6. The second-order valence-electron chi connectivity index (χ2n) is 9.44. The lowest BCUT2D eigenvalue weighted by Gasteiger charge is -2.55. The number of hydrogen-bond acceptors (Lipinski definition) is 4. The molecule has 0 spiro atoms. The maximum Gasteiger partial charge on any atom is 0.334 e. The van der Waals surface area contributed by atoms with E-state index >= 15 is 0 Å². The van der Waals surface area contributed by atoms with E-state index in [4.69, 9.17) is 6.42 Å². The van der Waals surface area contributed by atoms with Gasteiger partial charge in [0.05, 0.1) is 19.6 Å². The number of hydrazine groups is 1. The fourth-order valence-electron chi connectivity index (χ4n) is 4.85. The van der Waals surface area contributed by atoms with E-state index in [1.807, 2.05) is 44.2 Å². The van der Waals surface area contributed by atoms with Crippen LogP contribution in [0.1, 0.15) is 25.0 Å². The highest BCUT2D eigenvalue weighted by molar-refractivity contribution is 5.91. The molecule has 1 N–H and O–H groups in total. The lowest BCUT2D eigenvalue weighted by atomic mass is 9.95. The van der Waals surface area contributed by atoms with Crippen LogP contribution in [0.5, 0.6) is 0 Å². The van der Waals surface area contributed by atoms with Gasteiger partial charge in [0.25, 0.3) is 0 Å². The second-order valence-corrected chi connectivity index (χ2v) is 9.44. The Bertz CT molecular complexity index is 1220. The van der Waals surface area contributed by atoms with Crippen LogP contribution in [0.3, 0.4) is 0 Å². The van der Waals surface area contributed by atoms with Crippen molar-refractivity contribution >= 4 is 17.8 Å². The Morgan fingerprint density at radius 2 is 1.89 bits per heavy atom. The molecule has 0 saturated carbocycles. The normalized spacial score (nSPS) is 20.2. The number of fused-ring (bicyclic) bond motifs is 1. The highest BCUT2D eigenvalue weighted by Gasteiger charge is 2.52. The number of piperazine rings is 1. The number of urea groups is 1. The third kappa shape index (κ3) is 5.42. The fraction of sp³-hybridized carbons (Fsp3) is 0.370. The summed E-state index contributed by atoms with van der Waals surface area (Å²) in [6.07, 6.45) is 4.68. The zero-order valence-electron chi connectivity index (χ0n) is 20.7. The van der Waals surface area contributed by atoms with Crippen LogP contribution in [0.25, 0.3) is 0 Å². The van der Waals surface area contributed by atoms with Crippen molar-refractivity contribution < 1.29 is 23.2 Å². The molecule has 2 aromatic carbocycles. The fourth-order valence-corrected chi connectivity index (χ4v) is 4.85. The van der Waals surface area contributed by atoms with Gasteiger partial charge < -0.3 is 15.1 Å². The van der Waals surface area contributed by atoms with Gasteiger partial charge in [-0.2, -0.15) is 5.01 Å². The summed E-state index contributed by atoms with van der Waals surface area (Å²) in [5.74, 6) is 0.0168. The van der Waals surface area contributed by atoms with E-state index in [1.54, 1.807) is 0 Å². The quantitative estimate of drug-likeness (QED) is 0.608. The van der Waals surface area contributed by atoms with Gasteiger partial charge in [0, 0.05) is 24.7 Å². The number of nitrogens with one attached hydrogen (secondary N) is 1. The molecular weight excluding hydrogens is 480 g/mol. The number of benzene rings is 2. The van der Waals surface area contributed by atoms with Gasteiger partial charge in [0.1, 0.15) is 23.8 Å². The first-order chi connectivity index (χ1) is 17.7. The SMILES string of the molecule is C#CCN1CC(=O)N2[C@@H](C(C)C)C(=O)N(Cc3ccc(F)cc3F)C[C@@H]2N1C(=O)NCc1ccccc1. The number of nitrogens with zero attached hydrogens (tertiary/aromatic N) is 4. The molecule has 0 bridgehead atoms. The molecule has 2 heterocycles. The zero-order chi connectivity index (χ0) is 26.7. The Kier molecular flexibility index (Phi) is 7.74. The summed E-state index contributed by atoms with van der Waals surface area (Å²) in [6.45, 7) is 3.50. The monoisotopic (exact) mass is 509 g/mol. The van der Waals surface area contributed by atoms with Crippen LogP contribution in [-0.2, 0) is 22.7 Å². The van der Waals surface area contributed by atoms with Gasteiger partial charge in [-0.25, -0.2) is 18.6 Å². The van der Waals surface area contributed by atoms with E-state index in [-0.39, 0.29) is 56.0 Å². The van der Waals surface area contributed by atoms with Crippen molar-refractivity contribution in [2.75, 3.05) is 19.6 Å².